The number of hydrogen-bond donors (Lipinski definition) is 2. The van der Waals surface area contributed by atoms with Gasteiger partial charge in [-0.05, 0) is 32.9 Å². The number of carbonyl (C=O) groups excluding carboxylic acids is 1. The van der Waals surface area contributed by atoms with Crippen molar-refractivity contribution in [1.82, 2.24) is 5.32 Å². The molecule has 0 saturated heterocycles. The van der Waals surface area contributed by atoms with Gasteiger partial charge in [-0.1, -0.05) is 6.07 Å². The van der Waals surface area contributed by atoms with E-state index in [0.29, 0.717) is 11.6 Å². The minimum Gasteiger partial charge on any atom is -0.353 e. The Morgan fingerprint density at radius 3 is 2.88 bits per heavy atom. The number of nitrogens with one attached hydrogen (secondary N) is 2. The molecular formula is C12H15N3OS. The van der Waals surface area contributed by atoms with Crippen LogP contribution in [0.25, 0.3) is 0 Å². The van der Waals surface area contributed by atoms with Gasteiger partial charge in [0.2, 0.25) is 5.96 Å². The van der Waals surface area contributed by atoms with E-state index in [1.807, 2.05) is 18.2 Å². The number of Topliss-reactive ketones (excluding diaryl/α,β-unsaturated/α-hetero) is 1. The monoisotopic (exact) mass is 249 g/mol. The van der Waals surface area contributed by atoms with Gasteiger partial charge in [0.1, 0.15) is 0 Å². The molecule has 0 unspecified atom stereocenters. The second kappa shape index (κ2) is 4.79. The van der Waals surface area contributed by atoms with Gasteiger partial charge in [-0.25, -0.2) is 0 Å². The van der Waals surface area contributed by atoms with E-state index < -0.39 is 0 Å². The van der Waals surface area contributed by atoms with E-state index in [-0.39, 0.29) is 5.78 Å². The van der Waals surface area contributed by atoms with Crippen LogP contribution in [-0.2, 0) is 0 Å². The molecule has 0 saturated carbocycles. The summed E-state index contributed by atoms with van der Waals surface area (Å²) in [6, 6.07) is 5.92. The summed E-state index contributed by atoms with van der Waals surface area (Å²) in [5.74, 6) is 0.804. The van der Waals surface area contributed by atoms with Gasteiger partial charge in [0, 0.05) is 23.6 Å². The molecular weight excluding hydrogens is 234 g/mol. The number of carbonyl (C=O) groups is 1. The van der Waals surface area contributed by atoms with Gasteiger partial charge >= 0.3 is 0 Å². The fourth-order valence-corrected chi connectivity index (χ4v) is 2.13. The molecule has 17 heavy (non-hydrogen) atoms. The lowest BCUT2D eigenvalue weighted by atomic mass is 10.1. The minimum atomic E-state index is 0.0699. The van der Waals surface area contributed by atoms with Gasteiger partial charge in [-0.2, -0.15) is 4.40 Å². The molecule has 0 spiro atoms. The molecule has 5 heteroatoms. The van der Waals surface area contributed by atoms with Crippen molar-refractivity contribution in [3.05, 3.63) is 23.8 Å². The predicted octanol–water partition coefficient (Wildman–Crippen LogP) is 2.68. The van der Waals surface area contributed by atoms with Gasteiger partial charge in [-0.15, -0.1) is 0 Å². The highest BCUT2D eigenvalue weighted by atomic mass is 32.2. The third-order valence-electron chi connectivity index (χ3n) is 2.30. The van der Waals surface area contributed by atoms with E-state index in [9.17, 15) is 4.79 Å². The third kappa shape index (κ3) is 2.79. The van der Waals surface area contributed by atoms with Crippen LogP contribution in [0.3, 0.4) is 0 Å². The number of fused-ring (bicyclic) bond motifs is 1. The Labute approximate surface area is 105 Å². The first kappa shape index (κ1) is 12.0. The number of benzene rings is 1. The van der Waals surface area contributed by atoms with Crippen molar-refractivity contribution in [1.29, 1.82) is 0 Å². The van der Waals surface area contributed by atoms with Crippen LogP contribution in [0.1, 0.15) is 31.1 Å². The maximum Gasteiger partial charge on any atom is 0.208 e. The molecule has 0 fully saturated rings. The molecule has 1 aliphatic rings. The molecule has 1 aromatic carbocycles. The fraction of sp³-hybridized carbons (Fsp3) is 0.333. The summed E-state index contributed by atoms with van der Waals surface area (Å²) >= 11 is 1.41. The maximum atomic E-state index is 11.3. The second-order valence-electron chi connectivity index (χ2n) is 4.22. The van der Waals surface area contributed by atoms with Crippen molar-refractivity contribution in [2.24, 2.45) is 4.40 Å². The molecule has 0 atom stereocenters. The van der Waals surface area contributed by atoms with Gasteiger partial charge in [-0.3, -0.25) is 4.79 Å². The topological polar surface area (TPSA) is 53.5 Å². The summed E-state index contributed by atoms with van der Waals surface area (Å²) in [6.45, 7) is 5.67. The molecule has 1 aromatic rings. The first-order valence-corrected chi connectivity index (χ1v) is 6.27. The van der Waals surface area contributed by atoms with Crippen LogP contribution in [0.15, 0.2) is 27.5 Å². The van der Waals surface area contributed by atoms with E-state index in [1.165, 1.54) is 11.9 Å². The molecule has 2 rings (SSSR count). The van der Waals surface area contributed by atoms with Crippen molar-refractivity contribution < 1.29 is 4.79 Å². The van der Waals surface area contributed by atoms with Gasteiger partial charge in [0.05, 0.1) is 10.6 Å². The number of anilines is 1. The van der Waals surface area contributed by atoms with E-state index in [2.05, 4.69) is 28.9 Å². The quantitative estimate of drug-likeness (QED) is 0.625. The smallest absolute Gasteiger partial charge is 0.208 e. The van der Waals surface area contributed by atoms with Crippen LogP contribution in [0.5, 0.6) is 0 Å². The lowest BCUT2D eigenvalue weighted by Crippen LogP contribution is -2.36. The van der Waals surface area contributed by atoms with E-state index in [4.69, 9.17) is 0 Å². The summed E-state index contributed by atoms with van der Waals surface area (Å²) in [6.07, 6.45) is 0. The first-order valence-electron chi connectivity index (χ1n) is 5.50. The summed E-state index contributed by atoms with van der Waals surface area (Å²) < 4.78 is 4.31. The molecule has 1 aliphatic heterocycles. The zero-order chi connectivity index (χ0) is 12.4. The van der Waals surface area contributed by atoms with Crippen molar-refractivity contribution >= 4 is 29.4 Å². The van der Waals surface area contributed by atoms with E-state index in [0.717, 1.165) is 16.5 Å². The van der Waals surface area contributed by atoms with Crippen molar-refractivity contribution in [3.63, 3.8) is 0 Å². The Balaban J connectivity index is 2.22. The normalized spacial score (nSPS) is 13.8. The van der Waals surface area contributed by atoms with E-state index >= 15 is 0 Å². The first-order chi connectivity index (χ1) is 8.06. The van der Waals surface area contributed by atoms with Gasteiger partial charge < -0.3 is 10.6 Å². The summed E-state index contributed by atoms with van der Waals surface area (Å²) in [5, 5.41) is 6.39. The highest BCUT2D eigenvalue weighted by molar-refractivity contribution is 7.98. The number of rotatable bonds is 2. The molecule has 0 bridgehead atoms. The van der Waals surface area contributed by atoms with Crippen LogP contribution in [0.4, 0.5) is 5.69 Å². The molecule has 0 amide bonds. The molecule has 0 aliphatic carbocycles. The van der Waals surface area contributed by atoms with Gasteiger partial charge in [0.25, 0.3) is 0 Å². The standard InChI is InChI=1S/C12H15N3OS/c1-7(2)13-12-14-10-6-9(8(3)16)4-5-11(10)17-15-12/h4-7H,1-3H3,(H2,13,14,15). The average molecular weight is 249 g/mol. The molecule has 0 aromatic heterocycles. The Hall–Kier alpha value is -1.49. The maximum absolute atomic E-state index is 11.3. The van der Waals surface area contributed by atoms with Crippen molar-refractivity contribution in [3.8, 4) is 0 Å². The Bertz CT molecular complexity index is 483. The fourth-order valence-electron chi connectivity index (χ4n) is 1.51. The van der Waals surface area contributed by atoms with E-state index in [1.54, 1.807) is 6.92 Å². The van der Waals surface area contributed by atoms with Crippen LogP contribution < -0.4 is 10.6 Å². The molecule has 0 radical (unpaired) electrons. The summed E-state index contributed by atoms with van der Waals surface area (Å²) in [4.78, 5) is 12.3. The predicted molar refractivity (Wildman–Crippen MR) is 71.6 cm³/mol. The molecule has 90 valence electrons. The lowest BCUT2D eigenvalue weighted by Gasteiger charge is -2.20. The Morgan fingerprint density at radius 2 is 2.24 bits per heavy atom. The highest BCUT2D eigenvalue weighted by Crippen LogP contribution is 2.32. The van der Waals surface area contributed by atoms with Crippen LogP contribution in [-0.4, -0.2) is 17.8 Å². The van der Waals surface area contributed by atoms with Crippen molar-refractivity contribution in [2.45, 2.75) is 31.7 Å². The van der Waals surface area contributed by atoms with Gasteiger partial charge in [0.15, 0.2) is 5.78 Å². The van der Waals surface area contributed by atoms with Crippen molar-refractivity contribution in [2.75, 3.05) is 5.32 Å². The molecule has 1 heterocycles. The third-order valence-corrected chi connectivity index (χ3v) is 3.13. The molecule has 4 nitrogen and oxygen atoms in total. The number of nitrogens with zero attached hydrogens (tertiary/aromatic N) is 1. The van der Waals surface area contributed by atoms with Crippen LogP contribution >= 0.6 is 11.9 Å². The lowest BCUT2D eigenvalue weighted by molar-refractivity contribution is 0.101. The SMILES string of the molecule is CC(=O)c1ccc2c(c1)NC(NC(C)C)=NS2. The Morgan fingerprint density at radius 1 is 1.47 bits per heavy atom. The zero-order valence-corrected chi connectivity index (χ0v) is 10.9. The largest absolute Gasteiger partial charge is 0.353 e. The summed E-state index contributed by atoms with van der Waals surface area (Å²) in [7, 11) is 0. The summed E-state index contributed by atoms with van der Waals surface area (Å²) in [5.41, 5.74) is 1.64. The number of ketones is 1. The zero-order valence-electron chi connectivity index (χ0n) is 10.1. The number of guanidine groups is 1. The molecule has 2 N–H and O–H groups in total. The minimum absolute atomic E-state index is 0.0699. The average Bonchev–Trinajstić information content (AvgIpc) is 2.27. The second-order valence-corrected chi connectivity index (χ2v) is 5.03. The Kier molecular flexibility index (Phi) is 3.38. The number of hydrogen-bond acceptors (Lipinski definition) is 5. The van der Waals surface area contributed by atoms with Crippen LogP contribution in [0.2, 0.25) is 0 Å². The van der Waals surface area contributed by atoms with Crippen LogP contribution in [0, 0.1) is 0 Å². The highest BCUT2D eigenvalue weighted by Gasteiger charge is 2.14.